The smallest absolute Gasteiger partial charge is 0.268 e. The molecule has 2 heterocycles. The summed E-state index contributed by atoms with van der Waals surface area (Å²) in [6, 6.07) is 0. The highest BCUT2D eigenvalue weighted by molar-refractivity contribution is 7.18. The first kappa shape index (κ1) is 10.9. The van der Waals surface area contributed by atoms with E-state index in [2.05, 4.69) is 16.4 Å². The number of carbonyl (C=O) groups is 1. The molecular formula is C10H14N4OS. The lowest BCUT2D eigenvalue weighted by atomic mass is 10.2. The van der Waals surface area contributed by atoms with Gasteiger partial charge in [0.25, 0.3) is 5.91 Å². The Kier molecular flexibility index (Phi) is 3.09. The molecule has 86 valence electrons. The predicted molar refractivity (Wildman–Crippen MR) is 65.7 cm³/mol. The fourth-order valence-electron chi connectivity index (χ4n) is 1.56. The van der Waals surface area contributed by atoms with Crippen LogP contribution in [0.5, 0.6) is 0 Å². The predicted octanol–water partition coefficient (Wildman–Crippen LogP) is 1.17. The molecule has 1 amide bonds. The lowest BCUT2D eigenvalue weighted by molar-refractivity contribution is 0.0776. The van der Waals surface area contributed by atoms with Crippen LogP contribution in [-0.4, -0.2) is 35.9 Å². The van der Waals surface area contributed by atoms with Gasteiger partial charge in [0.2, 0.25) is 0 Å². The molecule has 1 aromatic heterocycles. The van der Waals surface area contributed by atoms with E-state index in [9.17, 15) is 4.79 Å². The molecule has 0 saturated heterocycles. The Morgan fingerprint density at radius 3 is 3.00 bits per heavy atom. The van der Waals surface area contributed by atoms with Gasteiger partial charge >= 0.3 is 0 Å². The second kappa shape index (κ2) is 4.52. The molecule has 0 bridgehead atoms. The van der Waals surface area contributed by atoms with Gasteiger partial charge in [-0.05, 0) is 6.42 Å². The molecule has 0 radical (unpaired) electrons. The van der Waals surface area contributed by atoms with Crippen molar-refractivity contribution in [2.45, 2.75) is 6.42 Å². The zero-order chi connectivity index (χ0) is 11.5. The van der Waals surface area contributed by atoms with Crippen molar-refractivity contribution in [3.05, 3.63) is 17.0 Å². The third-order valence-electron chi connectivity index (χ3n) is 2.41. The monoisotopic (exact) mass is 238 g/mol. The van der Waals surface area contributed by atoms with Gasteiger partial charge in [-0.1, -0.05) is 23.5 Å². The maximum atomic E-state index is 12.1. The van der Waals surface area contributed by atoms with E-state index in [4.69, 9.17) is 5.73 Å². The molecule has 0 saturated carbocycles. The fraction of sp³-hybridized carbons (Fsp3) is 0.400. The highest BCUT2D eigenvalue weighted by Crippen LogP contribution is 2.26. The zero-order valence-electron chi connectivity index (χ0n) is 9.06. The number of hydrogen-bond donors (Lipinski definition) is 2. The van der Waals surface area contributed by atoms with Crippen molar-refractivity contribution in [2.24, 2.45) is 0 Å². The lowest BCUT2D eigenvalue weighted by Crippen LogP contribution is -2.33. The Hall–Kier alpha value is -1.56. The maximum absolute atomic E-state index is 12.1. The van der Waals surface area contributed by atoms with Crippen LogP contribution in [0, 0.1) is 0 Å². The molecule has 16 heavy (non-hydrogen) atoms. The summed E-state index contributed by atoms with van der Waals surface area (Å²) in [5.74, 6) is 0.287. The van der Waals surface area contributed by atoms with Crippen LogP contribution >= 0.6 is 11.3 Å². The summed E-state index contributed by atoms with van der Waals surface area (Å²) in [6.45, 7) is 1.41. The molecular weight excluding hydrogens is 224 g/mol. The van der Waals surface area contributed by atoms with Crippen molar-refractivity contribution in [2.75, 3.05) is 31.2 Å². The highest BCUT2D eigenvalue weighted by Gasteiger charge is 2.21. The maximum Gasteiger partial charge on any atom is 0.268 e. The standard InChI is InChI=1S/C10H14N4OS/c1-12-10-13-8(11)7(16-10)9(15)14-5-3-2-4-6-14/h2-3H,4-6,11H2,1H3,(H,12,13). The number of nitrogens with zero attached hydrogens (tertiary/aromatic N) is 2. The van der Waals surface area contributed by atoms with Gasteiger partial charge in [0.1, 0.15) is 10.7 Å². The largest absolute Gasteiger partial charge is 0.382 e. The first-order chi connectivity index (χ1) is 7.72. The van der Waals surface area contributed by atoms with E-state index in [-0.39, 0.29) is 5.91 Å². The van der Waals surface area contributed by atoms with Crippen molar-refractivity contribution in [1.82, 2.24) is 9.88 Å². The highest BCUT2D eigenvalue weighted by atomic mass is 32.1. The summed E-state index contributed by atoms with van der Waals surface area (Å²) >= 11 is 1.30. The Bertz CT molecular complexity index is 426. The number of nitrogens with two attached hydrogens (primary N) is 1. The summed E-state index contributed by atoms with van der Waals surface area (Å²) in [5, 5.41) is 3.56. The van der Waals surface area contributed by atoms with Crippen molar-refractivity contribution < 1.29 is 4.79 Å². The van der Waals surface area contributed by atoms with E-state index >= 15 is 0 Å². The van der Waals surface area contributed by atoms with E-state index in [1.165, 1.54) is 11.3 Å². The summed E-state index contributed by atoms with van der Waals surface area (Å²) in [4.78, 5) is 18.5. The number of hydrogen-bond acceptors (Lipinski definition) is 5. The first-order valence-corrected chi connectivity index (χ1v) is 5.92. The van der Waals surface area contributed by atoms with Crippen LogP contribution in [0.1, 0.15) is 16.1 Å². The van der Waals surface area contributed by atoms with E-state index < -0.39 is 0 Å². The zero-order valence-corrected chi connectivity index (χ0v) is 9.88. The molecule has 0 spiro atoms. The van der Waals surface area contributed by atoms with Crippen molar-refractivity contribution in [3.8, 4) is 0 Å². The number of nitrogen functional groups attached to an aromatic ring is 1. The third-order valence-corrected chi connectivity index (χ3v) is 3.48. The number of nitrogens with one attached hydrogen (secondary N) is 1. The average Bonchev–Trinajstić information content (AvgIpc) is 2.71. The van der Waals surface area contributed by atoms with Gasteiger partial charge in [-0.2, -0.15) is 0 Å². The van der Waals surface area contributed by atoms with Crippen LogP contribution in [0.15, 0.2) is 12.2 Å². The van der Waals surface area contributed by atoms with Crippen LogP contribution in [0.3, 0.4) is 0 Å². The Morgan fingerprint density at radius 1 is 1.62 bits per heavy atom. The van der Waals surface area contributed by atoms with Crippen LogP contribution in [0.2, 0.25) is 0 Å². The van der Waals surface area contributed by atoms with Crippen LogP contribution < -0.4 is 11.1 Å². The molecule has 1 aliphatic rings. The molecule has 1 aromatic rings. The second-order valence-electron chi connectivity index (χ2n) is 3.49. The third kappa shape index (κ3) is 2.01. The minimum absolute atomic E-state index is 0.0270. The molecule has 0 aromatic carbocycles. The van der Waals surface area contributed by atoms with Crippen molar-refractivity contribution in [3.63, 3.8) is 0 Å². The van der Waals surface area contributed by atoms with E-state index in [1.54, 1.807) is 11.9 Å². The summed E-state index contributed by atoms with van der Waals surface area (Å²) < 4.78 is 0. The van der Waals surface area contributed by atoms with Crippen LogP contribution in [0.4, 0.5) is 10.9 Å². The van der Waals surface area contributed by atoms with Gasteiger partial charge in [-0.25, -0.2) is 4.98 Å². The van der Waals surface area contributed by atoms with E-state index in [0.29, 0.717) is 22.4 Å². The van der Waals surface area contributed by atoms with Gasteiger partial charge in [-0.3, -0.25) is 4.79 Å². The number of carbonyl (C=O) groups excluding carboxylic acids is 1. The molecule has 2 rings (SSSR count). The first-order valence-electron chi connectivity index (χ1n) is 5.10. The second-order valence-corrected chi connectivity index (χ2v) is 4.49. The lowest BCUT2D eigenvalue weighted by Gasteiger charge is -2.22. The normalized spacial score (nSPS) is 15.2. The fourth-order valence-corrected chi connectivity index (χ4v) is 2.37. The Labute approximate surface area is 98.0 Å². The van der Waals surface area contributed by atoms with E-state index in [1.807, 2.05) is 6.08 Å². The Balaban J connectivity index is 2.19. The minimum atomic E-state index is -0.0270. The number of thiazole rings is 1. The average molecular weight is 238 g/mol. The van der Waals surface area contributed by atoms with Gasteiger partial charge in [-0.15, -0.1) is 0 Å². The van der Waals surface area contributed by atoms with Gasteiger partial charge < -0.3 is 16.0 Å². The minimum Gasteiger partial charge on any atom is -0.382 e. The number of rotatable bonds is 2. The summed E-state index contributed by atoms with van der Waals surface area (Å²) in [6.07, 6.45) is 4.99. The van der Waals surface area contributed by atoms with Crippen molar-refractivity contribution >= 4 is 28.2 Å². The molecule has 3 N–H and O–H groups in total. The quantitative estimate of drug-likeness (QED) is 0.759. The Morgan fingerprint density at radius 2 is 2.44 bits per heavy atom. The molecule has 6 heteroatoms. The summed E-state index contributed by atoms with van der Waals surface area (Å²) in [5.41, 5.74) is 5.72. The molecule has 0 fully saturated rings. The van der Waals surface area contributed by atoms with Crippen LogP contribution in [0.25, 0.3) is 0 Å². The molecule has 5 nitrogen and oxygen atoms in total. The molecule has 0 unspecified atom stereocenters. The summed E-state index contributed by atoms with van der Waals surface area (Å²) in [7, 11) is 1.76. The number of aromatic nitrogens is 1. The number of anilines is 2. The van der Waals surface area contributed by atoms with Crippen molar-refractivity contribution in [1.29, 1.82) is 0 Å². The topological polar surface area (TPSA) is 71.2 Å². The molecule has 0 atom stereocenters. The number of amides is 1. The van der Waals surface area contributed by atoms with Crippen LogP contribution in [-0.2, 0) is 0 Å². The SMILES string of the molecule is CNc1nc(N)c(C(=O)N2CC=CCC2)s1. The molecule has 1 aliphatic heterocycles. The van der Waals surface area contributed by atoms with Gasteiger partial charge in [0, 0.05) is 20.1 Å². The molecule has 0 aliphatic carbocycles. The van der Waals surface area contributed by atoms with Gasteiger partial charge in [0.05, 0.1) is 0 Å². The van der Waals surface area contributed by atoms with Gasteiger partial charge in [0.15, 0.2) is 5.13 Å². The van der Waals surface area contributed by atoms with E-state index in [0.717, 1.165) is 13.0 Å².